The number of carbonyl (C=O) groups excluding carboxylic acids is 1. The van der Waals surface area contributed by atoms with Gasteiger partial charge in [0.05, 0.1) is 6.61 Å². The van der Waals surface area contributed by atoms with Crippen molar-refractivity contribution in [3.8, 4) is 0 Å². The fourth-order valence-corrected chi connectivity index (χ4v) is 0.985. The summed E-state index contributed by atoms with van der Waals surface area (Å²) in [6, 6.07) is 0. The minimum Gasteiger partial charge on any atom is -0.460 e. The van der Waals surface area contributed by atoms with Crippen molar-refractivity contribution in [2.24, 2.45) is 0 Å². The molecule has 0 aromatic carbocycles. The highest BCUT2D eigenvalue weighted by Gasteiger charge is 1.90. The number of halogens is 1. The summed E-state index contributed by atoms with van der Waals surface area (Å²) in [7, 11) is 0.556. The van der Waals surface area contributed by atoms with Gasteiger partial charge in [-0.2, -0.15) is 0 Å². The Morgan fingerprint density at radius 3 is 3.00 bits per heavy atom. The lowest BCUT2D eigenvalue weighted by Crippen LogP contribution is -1.90. The Balaban J connectivity index is 3.33. The van der Waals surface area contributed by atoms with Crippen molar-refractivity contribution in [2.45, 2.75) is 6.92 Å². The molecule has 8 heavy (non-hydrogen) atoms. The molecule has 0 aliphatic rings. The Hall–Kier alpha value is 0.120. The summed E-state index contributed by atoms with van der Waals surface area (Å²) in [6.07, 6.45) is 0. The van der Waals surface area contributed by atoms with Crippen molar-refractivity contribution >= 4 is 34.6 Å². The molecule has 0 amide bonds. The Kier molecular flexibility index (Phi) is 5.34. The average Bonchev–Trinajstić information content (AvgIpc) is 1.68. The van der Waals surface area contributed by atoms with Crippen LogP contribution >= 0.6 is 24.1 Å². The first-order valence-corrected chi connectivity index (χ1v) is 3.98. The zero-order valence-corrected chi connectivity index (χ0v) is 6.91. The van der Waals surface area contributed by atoms with E-state index in [1.54, 1.807) is 11.6 Å². The fraction of sp³-hybridized carbons (Fsp3) is 0.500. The molecule has 0 rings (SSSR count). The molecule has 0 atom stereocenters. The summed E-state index contributed by atoms with van der Waals surface area (Å²) >= 11 is 2.98. The first-order chi connectivity index (χ1) is 3.81. The van der Waals surface area contributed by atoms with Crippen molar-refractivity contribution < 1.29 is 9.53 Å². The second-order valence-corrected chi connectivity index (χ2v) is 2.97. The molecule has 0 saturated carbocycles. The van der Waals surface area contributed by atoms with E-state index in [-0.39, 0.29) is 5.71 Å². The SMILES string of the molecule is CCOC(=O)P=CBr. The molecule has 0 saturated heterocycles. The third kappa shape index (κ3) is 4.28. The van der Waals surface area contributed by atoms with Crippen LogP contribution in [0.15, 0.2) is 0 Å². The summed E-state index contributed by atoms with van der Waals surface area (Å²) in [6.45, 7) is 2.23. The molecule has 0 radical (unpaired) electrons. The van der Waals surface area contributed by atoms with Gasteiger partial charge >= 0.3 is 5.71 Å². The molecule has 0 unspecified atom stereocenters. The van der Waals surface area contributed by atoms with Gasteiger partial charge in [-0.05, 0) is 6.92 Å². The lowest BCUT2D eigenvalue weighted by atomic mass is 10.9. The standard InChI is InChI=1S/C4H6BrO2P/c1-2-7-4(6)8-3-5/h3H,2H2,1H3. The van der Waals surface area contributed by atoms with Crippen LogP contribution < -0.4 is 0 Å². The maximum atomic E-state index is 10.3. The van der Waals surface area contributed by atoms with Crippen molar-refractivity contribution in [3.05, 3.63) is 0 Å². The molecule has 0 aliphatic carbocycles. The predicted molar refractivity (Wildman–Crippen MR) is 38.9 cm³/mol. The van der Waals surface area contributed by atoms with Crippen LogP contribution in [0.3, 0.4) is 0 Å². The number of hydrogen-bond donors (Lipinski definition) is 0. The van der Waals surface area contributed by atoms with Crippen LogP contribution in [0.4, 0.5) is 4.79 Å². The van der Waals surface area contributed by atoms with E-state index in [2.05, 4.69) is 20.7 Å². The Morgan fingerprint density at radius 2 is 2.62 bits per heavy atom. The predicted octanol–water partition coefficient (Wildman–Crippen LogP) is 2.24. The van der Waals surface area contributed by atoms with E-state index in [1.807, 2.05) is 0 Å². The largest absolute Gasteiger partial charge is 0.460 e. The molecule has 46 valence electrons. The molecule has 0 aliphatic heterocycles. The lowest BCUT2D eigenvalue weighted by Gasteiger charge is -1.90. The van der Waals surface area contributed by atoms with Crippen molar-refractivity contribution in [3.63, 3.8) is 0 Å². The maximum Gasteiger partial charge on any atom is 0.356 e. The van der Waals surface area contributed by atoms with E-state index in [0.29, 0.717) is 14.8 Å². The van der Waals surface area contributed by atoms with Crippen molar-refractivity contribution in [1.82, 2.24) is 0 Å². The van der Waals surface area contributed by atoms with Crippen LogP contribution in [0.25, 0.3) is 0 Å². The molecule has 0 heterocycles. The highest BCUT2D eigenvalue weighted by Crippen LogP contribution is 2.01. The lowest BCUT2D eigenvalue weighted by molar-refractivity contribution is 0.181. The molecule has 0 fully saturated rings. The molecule has 0 bridgehead atoms. The van der Waals surface area contributed by atoms with Gasteiger partial charge in [-0.25, -0.2) is 4.79 Å². The number of hydrogen-bond acceptors (Lipinski definition) is 2. The van der Waals surface area contributed by atoms with E-state index in [4.69, 9.17) is 0 Å². The first kappa shape index (κ1) is 8.12. The second-order valence-electron chi connectivity index (χ2n) is 0.926. The Morgan fingerprint density at radius 1 is 2.00 bits per heavy atom. The fourth-order valence-electron chi connectivity index (χ4n) is 0.201. The van der Waals surface area contributed by atoms with Gasteiger partial charge in [0.25, 0.3) is 0 Å². The average molecular weight is 197 g/mol. The van der Waals surface area contributed by atoms with E-state index in [1.165, 1.54) is 0 Å². The molecule has 0 N–H and O–H groups in total. The van der Waals surface area contributed by atoms with Gasteiger partial charge in [0, 0.05) is 12.9 Å². The molecule has 4 heteroatoms. The third-order valence-electron chi connectivity index (χ3n) is 0.422. The van der Waals surface area contributed by atoms with Crippen LogP contribution in [0, 0.1) is 0 Å². The molecule has 2 nitrogen and oxygen atoms in total. The molecule has 0 aromatic rings. The summed E-state index contributed by atoms with van der Waals surface area (Å²) in [5.74, 6) is 0. The number of ether oxygens (including phenoxy) is 1. The minimum atomic E-state index is -0.218. The van der Waals surface area contributed by atoms with Crippen molar-refractivity contribution in [1.29, 1.82) is 0 Å². The quantitative estimate of drug-likeness (QED) is 0.634. The van der Waals surface area contributed by atoms with Gasteiger partial charge in [-0.15, -0.1) is 0 Å². The monoisotopic (exact) mass is 196 g/mol. The maximum absolute atomic E-state index is 10.3. The van der Waals surface area contributed by atoms with E-state index < -0.39 is 0 Å². The smallest absolute Gasteiger partial charge is 0.356 e. The van der Waals surface area contributed by atoms with Gasteiger partial charge in [-0.3, -0.25) is 0 Å². The summed E-state index contributed by atoms with van der Waals surface area (Å²) in [4.78, 5) is 10.3. The third-order valence-corrected chi connectivity index (χ3v) is 1.47. The Labute approximate surface area is 58.1 Å². The van der Waals surface area contributed by atoms with E-state index >= 15 is 0 Å². The van der Waals surface area contributed by atoms with Crippen molar-refractivity contribution in [2.75, 3.05) is 6.61 Å². The second kappa shape index (κ2) is 5.26. The van der Waals surface area contributed by atoms with E-state index in [0.717, 1.165) is 0 Å². The zero-order valence-electron chi connectivity index (χ0n) is 4.43. The summed E-state index contributed by atoms with van der Waals surface area (Å²) in [5, 5.41) is 0. The van der Waals surface area contributed by atoms with Crippen LogP contribution in [-0.4, -0.2) is 17.0 Å². The first-order valence-electron chi connectivity index (χ1n) is 2.10. The van der Waals surface area contributed by atoms with Gasteiger partial charge in [0.15, 0.2) is 0 Å². The molecule has 0 spiro atoms. The normalized spacial score (nSPS) is 9.75. The van der Waals surface area contributed by atoms with Crippen LogP contribution in [-0.2, 0) is 4.74 Å². The van der Waals surface area contributed by atoms with Gasteiger partial charge in [0.2, 0.25) is 0 Å². The topological polar surface area (TPSA) is 26.3 Å². The van der Waals surface area contributed by atoms with Crippen LogP contribution in [0.1, 0.15) is 6.92 Å². The van der Waals surface area contributed by atoms with E-state index in [9.17, 15) is 4.79 Å². The Bertz CT molecular complexity index is 102. The molecule has 0 aromatic heterocycles. The van der Waals surface area contributed by atoms with Gasteiger partial charge in [0.1, 0.15) is 0 Å². The summed E-state index contributed by atoms with van der Waals surface area (Å²) in [5.41, 5.74) is -0.218. The van der Waals surface area contributed by atoms with Gasteiger partial charge < -0.3 is 4.74 Å². The zero-order chi connectivity index (χ0) is 6.41. The van der Waals surface area contributed by atoms with Crippen LogP contribution in [0.5, 0.6) is 0 Å². The van der Waals surface area contributed by atoms with Gasteiger partial charge in [-0.1, -0.05) is 15.9 Å². The summed E-state index contributed by atoms with van der Waals surface area (Å²) < 4.78 is 6.13. The van der Waals surface area contributed by atoms with Crippen LogP contribution in [0.2, 0.25) is 0 Å². The number of rotatable bonds is 2. The highest BCUT2D eigenvalue weighted by atomic mass is 79.9. The minimum absolute atomic E-state index is 0.218. The molecular formula is C4H6BrO2P. The highest BCUT2D eigenvalue weighted by molar-refractivity contribution is 9.18. The number of carbonyl (C=O) groups is 1. The molecular weight excluding hydrogens is 191 g/mol.